The van der Waals surface area contributed by atoms with Crippen molar-refractivity contribution in [3.05, 3.63) is 39.9 Å². The summed E-state index contributed by atoms with van der Waals surface area (Å²) in [6, 6.07) is 7.32. The molecule has 0 bridgehead atoms. The zero-order valence-corrected chi connectivity index (χ0v) is 9.93. The fraction of sp³-hybridized carbons (Fsp3) is 0.500. The quantitative estimate of drug-likeness (QED) is 0.628. The van der Waals surface area contributed by atoms with E-state index in [1.54, 1.807) is 12.1 Å². The van der Waals surface area contributed by atoms with E-state index in [2.05, 4.69) is 17.3 Å². The number of benzene rings is 1. The molecule has 0 aliphatic carbocycles. The predicted molar refractivity (Wildman–Crippen MR) is 66.1 cm³/mol. The Morgan fingerprint density at radius 1 is 1.47 bits per heavy atom. The molecule has 92 valence electrons. The van der Waals surface area contributed by atoms with Crippen molar-refractivity contribution in [2.75, 3.05) is 26.7 Å². The Morgan fingerprint density at radius 2 is 2.18 bits per heavy atom. The van der Waals surface area contributed by atoms with Crippen molar-refractivity contribution >= 4 is 5.69 Å². The molecule has 1 unspecified atom stereocenters. The van der Waals surface area contributed by atoms with Gasteiger partial charge in [-0.2, -0.15) is 0 Å². The van der Waals surface area contributed by atoms with Crippen molar-refractivity contribution in [1.82, 2.24) is 10.2 Å². The molecule has 1 heterocycles. The van der Waals surface area contributed by atoms with Gasteiger partial charge in [0.1, 0.15) is 0 Å². The number of hydrogen-bond acceptors (Lipinski definition) is 4. The number of nitro groups is 1. The zero-order valence-electron chi connectivity index (χ0n) is 9.93. The van der Waals surface area contributed by atoms with E-state index in [0.29, 0.717) is 6.04 Å². The normalized spacial score (nSPS) is 21.4. The molecule has 1 aliphatic heterocycles. The third-order valence-electron chi connectivity index (χ3n) is 3.26. The molecule has 1 atom stereocenters. The molecule has 0 amide bonds. The smallest absolute Gasteiger partial charge is 0.269 e. The Hall–Kier alpha value is -1.46. The van der Waals surface area contributed by atoms with Crippen LogP contribution < -0.4 is 5.32 Å². The van der Waals surface area contributed by atoms with Crippen LogP contribution in [-0.2, 0) is 6.42 Å². The van der Waals surface area contributed by atoms with Gasteiger partial charge in [0.2, 0.25) is 0 Å². The van der Waals surface area contributed by atoms with E-state index in [9.17, 15) is 10.1 Å². The second kappa shape index (κ2) is 5.25. The molecule has 5 heteroatoms. The van der Waals surface area contributed by atoms with Crippen molar-refractivity contribution in [3.8, 4) is 0 Å². The van der Waals surface area contributed by atoms with E-state index >= 15 is 0 Å². The Morgan fingerprint density at radius 3 is 2.76 bits per heavy atom. The molecular weight excluding hydrogens is 218 g/mol. The van der Waals surface area contributed by atoms with E-state index in [1.165, 1.54) is 0 Å². The zero-order chi connectivity index (χ0) is 12.3. The standard InChI is InChI=1S/C12H17N3O2/c1-14-7-6-13-9-12(14)8-10-2-4-11(5-3-10)15(16)17/h2-5,12-13H,6-9H2,1H3. The van der Waals surface area contributed by atoms with Crippen LogP contribution in [0.2, 0.25) is 0 Å². The highest BCUT2D eigenvalue weighted by molar-refractivity contribution is 5.33. The number of nitrogens with one attached hydrogen (secondary N) is 1. The van der Waals surface area contributed by atoms with Gasteiger partial charge in [-0.25, -0.2) is 0 Å². The summed E-state index contributed by atoms with van der Waals surface area (Å²) in [6.07, 6.45) is 0.932. The van der Waals surface area contributed by atoms with Gasteiger partial charge in [0, 0.05) is 37.8 Å². The molecule has 1 aromatic rings. The minimum Gasteiger partial charge on any atom is -0.314 e. The minimum absolute atomic E-state index is 0.156. The second-order valence-electron chi connectivity index (χ2n) is 4.47. The lowest BCUT2D eigenvalue weighted by Gasteiger charge is -2.33. The molecule has 0 aromatic heterocycles. The molecule has 0 radical (unpaired) electrons. The van der Waals surface area contributed by atoms with E-state index in [-0.39, 0.29) is 10.6 Å². The number of nitro benzene ring substituents is 1. The van der Waals surface area contributed by atoms with Crippen molar-refractivity contribution in [2.24, 2.45) is 0 Å². The Bertz CT molecular complexity index is 391. The summed E-state index contributed by atoms with van der Waals surface area (Å²) in [7, 11) is 2.12. The highest BCUT2D eigenvalue weighted by Gasteiger charge is 2.18. The van der Waals surface area contributed by atoms with Gasteiger partial charge in [0.05, 0.1) is 4.92 Å². The summed E-state index contributed by atoms with van der Waals surface area (Å²) in [5, 5.41) is 13.9. The molecule has 5 nitrogen and oxygen atoms in total. The SMILES string of the molecule is CN1CCNCC1Cc1ccc([N+](=O)[O-])cc1. The number of piperazine rings is 1. The number of nitrogens with zero attached hydrogens (tertiary/aromatic N) is 2. The van der Waals surface area contributed by atoms with E-state index < -0.39 is 0 Å². The van der Waals surface area contributed by atoms with E-state index in [4.69, 9.17) is 0 Å². The molecule has 1 N–H and O–H groups in total. The van der Waals surface area contributed by atoms with Crippen molar-refractivity contribution in [3.63, 3.8) is 0 Å². The summed E-state index contributed by atoms with van der Waals surface area (Å²) in [5.41, 5.74) is 1.31. The van der Waals surface area contributed by atoms with Crippen LogP contribution in [0.4, 0.5) is 5.69 Å². The third-order valence-corrected chi connectivity index (χ3v) is 3.26. The van der Waals surface area contributed by atoms with Crippen LogP contribution in [0.5, 0.6) is 0 Å². The van der Waals surface area contributed by atoms with Gasteiger partial charge in [-0.15, -0.1) is 0 Å². The van der Waals surface area contributed by atoms with Gasteiger partial charge in [-0.1, -0.05) is 12.1 Å². The summed E-state index contributed by atoms with van der Waals surface area (Å²) in [4.78, 5) is 12.5. The largest absolute Gasteiger partial charge is 0.314 e. The molecule has 0 saturated carbocycles. The van der Waals surface area contributed by atoms with Crippen LogP contribution in [0.25, 0.3) is 0 Å². The van der Waals surface area contributed by atoms with Crippen LogP contribution in [0.1, 0.15) is 5.56 Å². The van der Waals surface area contributed by atoms with Crippen molar-refractivity contribution in [1.29, 1.82) is 0 Å². The topological polar surface area (TPSA) is 58.4 Å². The summed E-state index contributed by atoms with van der Waals surface area (Å²) >= 11 is 0. The number of non-ortho nitro benzene ring substituents is 1. The van der Waals surface area contributed by atoms with Gasteiger partial charge in [0.15, 0.2) is 0 Å². The first-order chi connectivity index (χ1) is 8.16. The van der Waals surface area contributed by atoms with Crippen LogP contribution >= 0.6 is 0 Å². The van der Waals surface area contributed by atoms with Crippen LogP contribution in [0.3, 0.4) is 0 Å². The molecule has 2 rings (SSSR count). The summed E-state index contributed by atoms with van der Waals surface area (Å²) in [6.45, 7) is 3.07. The number of hydrogen-bond donors (Lipinski definition) is 1. The molecule has 1 aromatic carbocycles. The highest BCUT2D eigenvalue weighted by atomic mass is 16.6. The lowest BCUT2D eigenvalue weighted by molar-refractivity contribution is -0.384. The molecule has 1 saturated heterocycles. The maximum atomic E-state index is 10.5. The van der Waals surface area contributed by atoms with Gasteiger partial charge < -0.3 is 10.2 Å². The average Bonchev–Trinajstić information content (AvgIpc) is 2.33. The second-order valence-corrected chi connectivity index (χ2v) is 4.47. The van der Waals surface area contributed by atoms with Gasteiger partial charge in [-0.3, -0.25) is 10.1 Å². The van der Waals surface area contributed by atoms with E-state index in [0.717, 1.165) is 31.6 Å². The molecule has 0 spiro atoms. The van der Waals surface area contributed by atoms with E-state index in [1.807, 2.05) is 12.1 Å². The van der Waals surface area contributed by atoms with Gasteiger partial charge in [-0.05, 0) is 19.0 Å². The summed E-state index contributed by atoms with van der Waals surface area (Å²) in [5.74, 6) is 0. The van der Waals surface area contributed by atoms with Crippen molar-refractivity contribution in [2.45, 2.75) is 12.5 Å². The Labute approximate surface area is 101 Å². The fourth-order valence-electron chi connectivity index (χ4n) is 2.12. The molecule has 1 fully saturated rings. The molecule has 17 heavy (non-hydrogen) atoms. The lowest BCUT2D eigenvalue weighted by atomic mass is 10.0. The van der Waals surface area contributed by atoms with Crippen LogP contribution in [0, 0.1) is 10.1 Å². The number of likely N-dealkylation sites (N-methyl/N-ethyl adjacent to an activating group) is 1. The minimum atomic E-state index is -0.363. The number of rotatable bonds is 3. The monoisotopic (exact) mass is 235 g/mol. The van der Waals surface area contributed by atoms with Crippen molar-refractivity contribution < 1.29 is 4.92 Å². The maximum Gasteiger partial charge on any atom is 0.269 e. The maximum absolute atomic E-state index is 10.5. The lowest BCUT2D eigenvalue weighted by Crippen LogP contribution is -2.50. The average molecular weight is 235 g/mol. The van der Waals surface area contributed by atoms with Crippen LogP contribution in [-0.4, -0.2) is 42.5 Å². The first-order valence-electron chi connectivity index (χ1n) is 5.81. The summed E-state index contributed by atoms with van der Waals surface area (Å²) < 4.78 is 0. The molecular formula is C12H17N3O2. The first-order valence-corrected chi connectivity index (χ1v) is 5.81. The Kier molecular flexibility index (Phi) is 3.71. The molecule has 1 aliphatic rings. The van der Waals surface area contributed by atoms with Crippen LogP contribution in [0.15, 0.2) is 24.3 Å². The van der Waals surface area contributed by atoms with Gasteiger partial charge >= 0.3 is 0 Å². The predicted octanol–water partition coefficient (Wildman–Crippen LogP) is 1.04. The van der Waals surface area contributed by atoms with Gasteiger partial charge in [0.25, 0.3) is 5.69 Å². The fourth-order valence-corrected chi connectivity index (χ4v) is 2.12. The Balaban J connectivity index is 2.00. The third kappa shape index (κ3) is 3.01. The first kappa shape index (κ1) is 12.0. The highest BCUT2D eigenvalue weighted by Crippen LogP contribution is 2.15.